The van der Waals surface area contributed by atoms with E-state index in [9.17, 15) is 4.79 Å². The van der Waals surface area contributed by atoms with Gasteiger partial charge in [-0.05, 0) is 12.1 Å². The third-order valence-corrected chi connectivity index (χ3v) is 1.83. The first kappa shape index (κ1) is 11.6. The fraction of sp³-hybridized carbons (Fsp3) is 0.400. The average molecular weight is 210 g/mol. The molecule has 0 saturated heterocycles. The number of ether oxygens (including phenoxy) is 1. The molecule has 1 amide bonds. The molecule has 0 aliphatic rings. The molecule has 82 valence electrons. The van der Waals surface area contributed by atoms with Gasteiger partial charge in [0.1, 0.15) is 6.61 Å². The van der Waals surface area contributed by atoms with Gasteiger partial charge in [-0.15, -0.1) is 0 Å². The van der Waals surface area contributed by atoms with Gasteiger partial charge in [0.15, 0.2) is 0 Å². The number of carbonyl (C=O) groups is 1. The van der Waals surface area contributed by atoms with Crippen molar-refractivity contribution in [3.05, 3.63) is 30.1 Å². The van der Waals surface area contributed by atoms with Gasteiger partial charge in [-0.3, -0.25) is 14.6 Å². The number of pyridine rings is 1. The van der Waals surface area contributed by atoms with Crippen molar-refractivity contribution in [1.82, 2.24) is 10.0 Å². The van der Waals surface area contributed by atoms with Gasteiger partial charge in [0, 0.05) is 13.2 Å². The summed E-state index contributed by atoms with van der Waals surface area (Å²) in [6, 6.07) is 5.53. The van der Waals surface area contributed by atoms with Crippen LogP contribution < -0.4 is 0 Å². The van der Waals surface area contributed by atoms with Crippen LogP contribution in [0.25, 0.3) is 0 Å². The highest BCUT2D eigenvalue weighted by Crippen LogP contribution is 1.96. The summed E-state index contributed by atoms with van der Waals surface area (Å²) in [5, 5.41) is 1.12. The molecular weight excluding hydrogens is 196 g/mol. The largest absolute Gasteiger partial charge is 0.365 e. The average Bonchev–Trinajstić information content (AvgIpc) is 2.29. The lowest BCUT2D eigenvalue weighted by molar-refractivity contribution is -0.173. The summed E-state index contributed by atoms with van der Waals surface area (Å²) in [4.78, 5) is 20.0. The molecule has 0 unspecified atom stereocenters. The second-order valence-electron chi connectivity index (χ2n) is 2.89. The summed E-state index contributed by atoms with van der Waals surface area (Å²) in [6.07, 6.45) is 1.68. The Kier molecular flexibility index (Phi) is 4.73. The van der Waals surface area contributed by atoms with E-state index in [1.54, 1.807) is 6.20 Å². The topological polar surface area (TPSA) is 51.7 Å². The summed E-state index contributed by atoms with van der Waals surface area (Å²) in [6.45, 7) is 0.311. The van der Waals surface area contributed by atoms with Crippen molar-refractivity contribution >= 4 is 5.91 Å². The Hall–Kier alpha value is -1.46. The summed E-state index contributed by atoms with van der Waals surface area (Å²) in [5.41, 5.74) is 0.797. The van der Waals surface area contributed by atoms with Crippen LogP contribution in [0.2, 0.25) is 0 Å². The Balaban J connectivity index is 2.25. The first-order valence-corrected chi connectivity index (χ1v) is 4.52. The first-order valence-electron chi connectivity index (χ1n) is 4.52. The Bertz CT molecular complexity index is 303. The van der Waals surface area contributed by atoms with Crippen LogP contribution in [0.3, 0.4) is 0 Å². The number of rotatable bonds is 5. The maximum Gasteiger partial charge on any atom is 0.271 e. The van der Waals surface area contributed by atoms with Crippen LogP contribution in [0.15, 0.2) is 24.4 Å². The fourth-order valence-electron chi connectivity index (χ4n) is 0.919. The molecule has 0 spiro atoms. The van der Waals surface area contributed by atoms with Crippen molar-refractivity contribution in [3.63, 3.8) is 0 Å². The third kappa shape index (κ3) is 4.05. The molecule has 5 heteroatoms. The second kappa shape index (κ2) is 6.10. The van der Waals surface area contributed by atoms with Gasteiger partial charge in [-0.25, -0.2) is 5.06 Å². The van der Waals surface area contributed by atoms with E-state index in [0.717, 1.165) is 10.8 Å². The van der Waals surface area contributed by atoms with Gasteiger partial charge >= 0.3 is 0 Å². The van der Waals surface area contributed by atoms with E-state index < -0.39 is 0 Å². The van der Waals surface area contributed by atoms with Gasteiger partial charge < -0.3 is 4.74 Å². The van der Waals surface area contributed by atoms with Crippen LogP contribution in [0, 0.1) is 0 Å². The molecule has 0 bridgehead atoms. The lowest BCUT2D eigenvalue weighted by atomic mass is 10.4. The van der Waals surface area contributed by atoms with Gasteiger partial charge in [0.2, 0.25) is 0 Å². The van der Waals surface area contributed by atoms with Crippen molar-refractivity contribution in [2.45, 2.75) is 6.61 Å². The van der Waals surface area contributed by atoms with Crippen LogP contribution >= 0.6 is 0 Å². The normalized spacial score (nSPS) is 10.0. The molecule has 15 heavy (non-hydrogen) atoms. The predicted molar refractivity (Wildman–Crippen MR) is 53.7 cm³/mol. The minimum Gasteiger partial charge on any atom is -0.365 e. The Morgan fingerprint density at radius 1 is 1.53 bits per heavy atom. The Morgan fingerprint density at radius 2 is 2.33 bits per heavy atom. The predicted octanol–water partition coefficient (Wildman–Crippen LogP) is 0.618. The number of hydrogen-bond acceptors (Lipinski definition) is 4. The van der Waals surface area contributed by atoms with E-state index in [-0.39, 0.29) is 12.5 Å². The lowest BCUT2D eigenvalue weighted by Gasteiger charge is -2.13. The van der Waals surface area contributed by atoms with Crippen molar-refractivity contribution in [2.75, 3.05) is 20.8 Å². The minimum absolute atomic E-state index is 0.0130. The summed E-state index contributed by atoms with van der Waals surface area (Å²) < 4.78 is 5.17. The molecule has 1 rings (SSSR count). The summed E-state index contributed by atoms with van der Waals surface area (Å²) in [5.74, 6) is -0.228. The van der Waals surface area contributed by atoms with Crippen molar-refractivity contribution in [1.29, 1.82) is 0 Å². The van der Waals surface area contributed by atoms with Crippen LogP contribution in [0.4, 0.5) is 0 Å². The molecular formula is C10H14N2O3. The smallest absolute Gasteiger partial charge is 0.271 e. The Labute approximate surface area is 88.6 Å². The molecule has 1 aromatic heterocycles. The second-order valence-corrected chi connectivity index (χ2v) is 2.89. The molecule has 1 heterocycles. The highest BCUT2D eigenvalue weighted by molar-refractivity contribution is 5.75. The van der Waals surface area contributed by atoms with Gasteiger partial charge in [0.05, 0.1) is 19.4 Å². The van der Waals surface area contributed by atoms with Crippen molar-refractivity contribution in [2.24, 2.45) is 0 Å². The van der Waals surface area contributed by atoms with Gasteiger partial charge in [0.25, 0.3) is 5.91 Å². The number of hydroxylamine groups is 2. The van der Waals surface area contributed by atoms with Crippen molar-refractivity contribution < 1.29 is 14.4 Å². The fourth-order valence-corrected chi connectivity index (χ4v) is 0.919. The van der Waals surface area contributed by atoms with Crippen LogP contribution in [-0.2, 0) is 21.0 Å². The lowest BCUT2D eigenvalue weighted by Crippen LogP contribution is -2.29. The molecule has 0 atom stereocenters. The minimum atomic E-state index is -0.228. The highest BCUT2D eigenvalue weighted by atomic mass is 16.7. The maximum atomic E-state index is 11.2. The van der Waals surface area contributed by atoms with E-state index in [4.69, 9.17) is 9.57 Å². The summed E-state index contributed by atoms with van der Waals surface area (Å²) >= 11 is 0. The zero-order valence-corrected chi connectivity index (χ0v) is 8.84. The Morgan fingerprint density at radius 3 is 2.93 bits per heavy atom. The maximum absolute atomic E-state index is 11.2. The third-order valence-electron chi connectivity index (χ3n) is 1.83. The number of likely N-dealkylation sites (N-methyl/N-ethyl adjacent to an activating group) is 1. The molecule has 0 aromatic carbocycles. The summed E-state index contributed by atoms with van der Waals surface area (Å²) in [7, 11) is 2.96. The number of nitrogens with zero attached hydrogens (tertiary/aromatic N) is 2. The van der Waals surface area contributed by atoms with Gasteiger partial charge in [-0.2, -0.15) is 0 Å². The van der Waals surface area contributed by atoms with E-state index >= 15 is 0 Å². The first-order chi connectivity index (χ1) is 7.24. The number of aromatic nitrogens is 1. The van der Waals surface area contributed by atoms with E-state index in [1.807, 2.05) is 18.2 Å². The molecule has 0 fully saturated rings. The van der Waals surface area contributed by atoms with Crippen molar-refractivity contribution in [3.8, 4) is 0 Å². The van der Waals surface area contributed by atoms with Crippen LogP contribution in [0.5, 0.6) is 0 Å². The SMILES string of the molecule is CON(C)C(=O)COCc1ccccn1. The van der Waals surface area contributed by atoms with Gasteiger partial charge in [-0.1, -0.05) is 6.07 Å². The van der Waals surface area contributed by atoms with E-state index in [2.05, 4.69) is 4.98 Å². The quantitative estimate of drug-likeness (QED) is 0.668. The number of amides is 1. The zero-order chi connectivity index (χ0) is 11.1. The van der Waals surface area contributed by atoms with Crippen LogP contribution in [0.1, 0.15) is 5.69 Å². The monoisotopic (exact) mass is 210 g/mol. The molecule has 5 nitrogen and oxygen atoms in total. The molecule has 0 aliphatic heterocycles. The highest BCUT2D eigenvalue weighted by Gasteiger charge is 2.07. The molecule has 1 aromatic rings. The molecule has 0 saturated carbocycles. The number of carbonyl (C=O) groups excluding carboxylic acids is 1. The molecule has 0 radical (unpaired) electrons. The zero-order valence-electron chi connectivity index (χ0n) is 8.84. The molecule has 0 aliphatic carbocycles. The van der Waals surface area contributed by atoms with E-state index in [0.29, 0.717) is 6.61 Å². The van der Waals surface area contributed by atoms with Crippen LogP contribution in [-0.4, -0.2) is 36.7 Å². The standard InChI is InChI=1S/C10H14N2O3/c1-12(14-2)10(13)8-15-7-9-5-3-4-6-11-9/h3-6H,7-8H2,1-2H3. The molecule has 0 N–H and O–H groups in total. The van der Waals surface area contributed by atoms with E-state index in [1.165, 1.54) is 14.2 Å². The number of hydrogen-bond donors (Lipinski definition) is 0.